The zero-order valence-corrected chi connectivity index (χ0v) is 12.1. The van der Waals surface area contributed by atoms with Crippen molar-refractivity contribution >= 4 is 11.4 Å². The molecule has 0 fully saturated rings. The molecule has 20 heavy (non-hydrogen) atoms. The lowest BCUT2D eigenvalue weighted by molar-refractivity contribution is 0.628. The SMILES string of the molecule is CCCNCc1ccccc1N(C)c1ccc(F)cc1. The third-order valence-electron chi connectivity index (χ3n) is 3.31. The molecule has 1 N–H and O–H groups in total. The first-order valence-electron chi connectivity index (χ1n) is 7.00. The zero-order valence-electron chi connectivity index (χ0n) is 12.1. The molecule has 0 aliphatic heterocycles. The van der Waals surface area contributed by atoms with Crippen LogP contribution in [-0.2, 0) is 6.54 Å². The maximum absolute atomic E-state index is 13.0. The van der Waals surface area contributed by atoms with Gasteiger partial charge in [0.2, 0.25) is 0 Å². The van der Waals surface area contributed by atoms with E-state index in [4.69, 9.17) is 0 Å². The number of halogens is 1. The summed E-state index contributed by atoms with van der Waals surface area (Å²) in [6, 6.07) is 14.9. The van der Waals surface area contributed by atoms with Crippen molar-refractivity contribution in [2.75, 3.05) is 18.5 Å². The first kappa shape index (κ1) is 14.5. The number of benzene rings is 2. The van der Waals surface area contributed by atoms with Crippen LogP contribution >= 0.6 is 0 Å². The van der Waals surface area contributed by atoms with Crippen LogP contribution in [0.2, 0.25) is 0 Å². The van der Waals surface area contributed by atoms with Gasteiger partial charge >= 0.3 is 0 Å². The Bertz CT molecular complexity index is 537. The fraction of sp³-hybridized carbons (Fsp3) is 0.294. The van der Waals surface area contributed by atoms with Gasteiger partial charge in [0, 0.05) is 25.0 Å². The highest BCUT2D eigenvalue weighted by Crippen LogP contribution is 2.27. The lowest BCUT2D eigenvalue weighted by Crippen LogP contribution is -2.18. The van der Waals surface area contributed by atoms with Crippen LogP contribution in [0.4, 0.5) is 15.8 Å². The summed E-state index contributed by atoms with van der Waals surface area (Å²) < 4.78 is 13.0. The smallest absolute Gasteiger partial charge is 0.123 e. The summed E-state index contributed by atoms with van der Waals surface area (Å²) in [5.41, 5.74) is 3.37. The Kier molecular flexibility index (Phi) is 5.13. The van der Waals surface area contributed by atoms with Gasteiger partial charge in [0.1, 0.15) is 5.82 Å². The lowest BCUT2D eigenvalue weighted by atomic mass is 10.1. The molecule has 0 saturated carbocycles. The fourth-order valence-electron chi connectivity index (χ4n) is 2.19. The van der Waals surface area contributed by atoms with E-state index in [0.29, 0.717) is 0 Å². The molecule has 0 heterocycles. The molecule has 0 saturated heterocycles. The predicted molar refractivity (Wildman–Crippen MR) is 82.9 cm³/mol. The Morgan fingerprint density at radius 1 is 1.05 bits per heavy atom. The topological polar surface area (TPSA) is 15.3 Å². The summed E-state index contributed by atoms with van der Waals surface area (Å²) in [7, 11) is 2.01. The molecular formula is C17H21FN2. The number of anilines is 2. The second kappa shape index (κ2) is 7.06. The molecule has 3 heteroatoms. The Hall–Kier alpha value is -1.87. The highest BCUT2D eigenvalue weighted by Gasteiger charge is 2.08. The van der Waals surface area contributed by atoms with E-state index in [1.54, 1.807) is 12.1 Å². The van der Waals surface area contributed by atoms with Crippen molar-refractivity contribution in [2.45, 2.75) is 19.9 Å². The van der Waals surface area contributed by atoms with Gasteiger partial charge in [0.25, 0.3) is 0 Å². The number of hydrogen-bond acceptors (Lipinski definition) is 2. The summed E-state index contributed by atoms with van der Waals surface area (Å²) in [6.45, 7) is 4.01. The normalized spacial score (nSPS) is 10.6. The van der Waals surface area contributed by atoms with Crippen LogP contribution in [0.1, 0.15) is 18.9 Å². The maximum Gasteiger partial charge on any atom is 0.123 e. The van der Waals surface area contributed by atoms with Gasteiger partial charge in [0.05, 0.1) is 0 Å². The molecule has 0 bridgehead atoms. The van der Waals surface area contributed by atoms with Gasteiger partial charge < -0.3 is 10.2 Å². The number of para-hydroxylation sites is 1. The molecule has 0 aliphatic carbocycles. The third kappa shape index (κ3) is 3.58. The fourth-order valence-corrected chi connectivity index (χ4v) is 2.19. The molecule has 106 valence electrons. The van der Waals surface area contributed by atoms with Crippen LogP contribution in [0.25, 0.3) is 0 Å². The average molecular weight is 272 g/mol. The van der Waals surface area contributed by atoms with Crippen LogP contribution < -0.4 is 10.2 Å². The summed E-state index contributed by atoms with van der Waals surface area (Å²) >= 11 is 0. The Morgan fingerprint density at radius 3 is 2.45 bits per heavy atom. The summed E-state index contributed by atoms with van der Waals surface area (Å²) in [5.74, 6) is -0.208. The molecule has 2 rings (SSSR count). The van der Waals surface area contributed by atoms with Crippen molar-refractivity contribution in [1.82, 2.24) is 5.32 Å². The van der Waals surface area contributed by atoms with Crippen LogP contribution in [0, 0.1) is 5.82 Å². The van der Waals surface area contributed by atoms with Crippen molar-refractivity contribution in [3.05, 3.63) is 59.9 Å². The molecule has 0 unspecified atom stereocenters. The number of rotatable bonds is 6. The Morgan fingerprint density at radius 2 is 1.75 bits per heavy atom. The highest BCUT2D eigenvalue weighted by atomic mass is 19.1. The molecule has 0 spiro atoms. The minimum Gasteiger partial charge on any atom is -0.344 e. The molecule has 0 aromatic heterocycles. The molecule has 0 radical (unpaired) electrons. The second-order valence-electron chi connectivity index (χ2n) is 4.84. The van der Waals surface area contributed by atoms with E-state index < -0.39 is 0 Å². The quantitative estimate of drug-likeness (QED) is 0.797. The highest BCUT2D eigenvalue weighted by molar-refractivity contribution is 5.65. The lowest BCUT2D eigenvalue weighted by Gasteiger charge is -2.23. The van der Waals surface area contributed by atoms with Crippen LogP contribution in [0.3, 0.4) is 0 Å². The van der Waals surface area contributed by atoms with E-state index in [0.717, 1.165) is 30.9 Å². The van der Waals surface area contributed by atoms with E-state index in [2.05, 4.69) is 29.3 Å². The van der Waals surface area contributed by atoms with Gasteiger partial charge in [-0.05, 0) is 48.9 Å². The van der Waals surface area contributed by atoms with Crippen molar-refractivity contribution < 1.29 is 4.39 Å². The van der Waals surface area contributed by atoms with Crippen LogP contribution in [0.15, 0.2) is 48.5 Å². The number of hydrogen-bond donors (Lipinski definition) is 1. The average Bonchev–Trinajstić information content (AvgIpc) is 2.48. The molecule has 2 nitrogen and oxygen atoms in total. The molecular weight excluding hydrogens is 251 g/mol. The van der Waals surface area contributed by atoms with E-state index in [9.17, 15) is 4.39 Å². The van der Waals surface area contributed by atoms with E-state index in [1.165, 1.54) is 17.7 Å². The van der Waals surface area contributed by atoms with Crippen molar-refractivity contribution in [3.63, 3.8) is 0 Å². The largest absolute Gasteiger partial charge is 0.344 e. The number of nitrogens with one attached hydrogen (secondary N) is 1. The molecule has 2 aromatic carbocycles. The van der Waals surface area contributed by atoms with Gasteiger partial charge in [-0.15, -0.1) is 0 Å². The summed E-state index contributed by atoms with van der Waals surface area (Å²) in [5, 5.41) is 3.42. The van der Waals surface area contributed by atoms with E-state index in [1.807, 2.05) is 19.2 Å². The van der Waals surface area contributed by atoms with Crippen LogP contribution in [-0.4, -0.2) is 13.6 Å². The van der Waals surface area contributed by atoms with Crippen molar-refractivity contribution in [1.29, 1.82) is 0 Å². The van der Waals surface area contributed by atoms with Gasteiger partial charge in [-0.3, -0.25) is 0 Å². The monoisotopic (exact) mass is 272 g/mol. The Balaban J connectivity index is 2.20. The maximum atomic E-state index is 13.0. The Labute approximate surface area is 120 Å². The van der Waals surface area contributed by atoms with Crippen LogP contribution in [0.5, 0.6) is 0 Å². The zero-order chi connectivity index (χ0) is 14.4. The first-order valence-corrected chi connectivity index (χ1v) is 7.00. The third-order valence-corrected chi connectivity index (χ3v) is 3.31. The standard InChI is InChI=1S/C17H21FN2/c1-3-12-19-13-14-6-4-5-7-17(14)20(2)16-10-8-15(18)9-11-16/h4-11,19H,3,12-13H2,1-2H3. The predicted octanol–water partition coefficient (Wildman–Crippen LogP) is 4.09. The summed E-state index contributed by atoms with van der Waals surface area (Å²) in [4.78, 5) is 2.09. The minimum atomic E-state index is -0.208. The van der Waals surface area contributed by atoms with Crippen molar-refractivity contribution in [3.8, 4) is 0 Å². The van der Waals surface area contributed by atoms with E-state index in [-0.39, 0.29) is 5.82 Å². The molecule has 0 atom stereocenters. The molecule has 0 aliphatic rings. The minimum absolute atomic E-state index is 0.208. The summed E-state index contributed by atoms with van der Waals surface area (Å²) in [6.07, 6.45) is 1.12. The molecule has 2 aromatic rings. The first-order chi connectivity index (χ1) is 9.72. The van der Waals surface area contributed by atoms with Crippen molar-refractivity contribution in [2.24, 2.45) is 0 Å². The number of nitrogens with zero attached hydrogens (tertiary/aromatic N) is 1. The molecule has 0 amide bonds. The second-order valence-corrected chi connectivity index (χ2v) is 4.84. The van der Waals surface area contributed by atoms with E-state index >= 15 is 0 Å². The van der Waals surface area contributed by atoms with Gasteiger partial charge in [-0.2, -0.15) is 0 Å². The van der Waals surface area contributed by atoms with Gasteiger partial charge in [-0.1, -0.05) is 25.1 Å². The van der Waals surface area contributed by atoms with Gasteiger partial charge in [0.15, 0.2) is 0 Å². The van der Waals surface area contributed by atoms with Gasteiger partial charge in [-0.25, -0.2) is 4.39 Å².